The maximum Gasteiger partial charge on any atom is 0.238 e. The molecule has 134 valence electrons. The van der Waals surface area contributed by atoms with Crippen molar-refractivity contribution < 1.29 is 4.79 Å². The van der Waals surface area contributed by atoms with Gasteiger partial charge in [-0.15, -0.1) is 11.3 Å². The largest absolute Gasteiger partial charge is 0.325 e. The third-order valence-electron chi connectivity index (χ3n) is 4.96. The number of likely N-dealkylation sites (tertiary alicyclic amines) is 1. The van der Waals surface area contributed by atoms with E-state index in [-0.39, 0.29) is 11.9 Å². The van der Waals surface area contributed by atoms with Gasteiger partial charge in [-0.3, -0.25) is 9.69 Å². The number of hydrogen-bond donors (Lipinski definition) is 1. The number of hydrogen-bond acceptors (Lipinski definition) is 4. The van der Waals surface area contributed by atoms with Gasteiger partial charge in [0.1, 0.15) is 5.01 Å². The number of amides is 1. The normalized spacial score (nSPS) is 17.7. The van der Waals surface area contributed by atoms with Gasteiger partial charge in [-0.2, -0.15) is 0 Å². The van der Waals surface area contributed by atoms with E-state index in [0.29, 0.717) is 6.54 Å². The molecule has 4 rings (SSSR count). The highest BCUT2D eigenvalue weighted by Gasteiger charge is 2.30. The third-order valence-corrected chi connectivity index (χ3v) is 6.10. The summed E-state index contributed by atoms with van der Waals surface area (Å²) in [5.41, 5.74) is 4.26. The molecule has 2 heterocycles. The molecule has 1 unspecified atom stereocenters. The summed E-state index contributed by atoms with van der Waals surface area (Å²) < 4.78 is 1.22. The van der Waals surface area contributed by atoms with E-state index in [1.165, 1.54) is 10.3 Å². The molecule has 0 spiro atoms. The molecular formula is C21H23N3OS. The highest BCUT2D eigenvalue weighted by atomic mass is 32.1. The van der Waals surface area contributed by atoms with Crippen molar-refractivity contribution in [1.82, 2.24) is 9.88 Å². The zero-order valence-corrected chi connectivity index (χ0v) is 16.0. The molecule has 1 aliphatic heterocycles. The van der Waals surface area contributed by atoms with Gasteiger partial charge in [-0.25, -0.2) is 4.98 Å². The Hall–Kier alpha value is -2.24. The summed E-state index contributed by atoms with van der Waals surface area (Å²) in [6.45, 7) is 5.45. The van der Waals surface area contributed by atoms with Crippen molar-refractivity contribution in [2.24, 2.45) is 0 Å². The van der Waals surface area contributed by atoms with E-state index in [0.717, 1.165) is 41.2 Å². The van der Waals surface area contributed by atoms with Gasteiger partial charge >= 0.3 is 0 Å². The Morgan fingerprint density at radius 1 is 1.27 bits per heavy atom. The van der Waals surface area contributed by atoms with Gasteiger partial charge < -0.3 is 5.32 Å². The van der Waals surface area contributed by atoms with Crippen LogP contribution in [0.5, 0.6) is 0 Å². The Kier molecular flexibility index (Phi) is 4.74. The maximum absolute atomic E-state index is 12.6. The van der Waals surface area contributed by atoms with Crippen LogP contribution in [0.25, 0.3) is 10.2 Å². The molecule has 26 heavy (non-hydrogen) atoms. The molecule has 1 atom stereocenters. The minimum absolute atomic E-state index is 0.0463. The molecule has 1 N–H and O–H groups in total. The summed E-state index contributed by atoms with van der Waals surface area (Å²) in [6, 6.07) is 14.6. The molecule has 2 aromatic carbocycles. The summed E-state index contributed by atoms with van der Waals surface area (Å²) in [5.74, 6) is 0.0463. The quantitative estimate of drug-likeness (QED) is 0.729. The van der Waals surface area contributed by atoms with Crippen LogP contribution in [0.1, 0.15) is 35.0 Å². The molecule has 3 aromatic rings. The number of benzene rings is 2. The van der Waals surface area contributed by atoms with Gasteiger partial charge in [0, 0.05) is 5.69 Å². The average Bonchev–Trinajstić information content (AvgIpc) is 3.23. The molecule has 0 saturated carbocycles. The summed E-state index contributed by atoms with van der Waals surface area (Å²) in [7, 11) is 0. The van der Waals surface area contributed by atoms with E-state index >= 15 is 0 Å². The standard InChI is InChI=1S/C21H23N3OS/c1-14-9-10-16(15(2)12-14)22-20(25)13-24-11-5-7-18(24)21-23-17-6-3-4-8-19(17)26-21/h3-4,6,8-10,12,18H,5,7,11,13H2,1-2H3,(H,22,25). The van der Waals surface area contributed by atoms with Crippen LogP contribution in [0.3, 0.4) is 0 Å². The van der Waals surface area contributed by atoms with Crippen molar-refractivity contribution in [2.45, 2.75) is 32.7 Å². The Bertz CT molecular complexity index is 916. The highest BCUT2D eigenvalue weighted by molar-refractivity contribution is 7.18. The molecular weight excluding hydrogens is 342 g/mol. The van der Waals surface area contributed by atoms with Gasteiger partial charge in [0.2, 0.25) is 5.91 Å². The van der Waals surface area contributed by atoms with E-state index < -0.39 is 0 Å². The second kappa shape index (κ2) is 7.17. The van der Waals surface area contributed by atoms with Crippen LogP contribution in [0.4, 0.5) is 5.69 Å². The van der Waals surface area contributed by atoms with Crippen molar-refractivity contribution in [3.05, 3.63) is 58.6 Å². The van der Waals surface area contributed by atoms with Crippen LogP contribution in [-0.4, -0.2) is 28.9 Å². The van der Waals surface area contributed by atoms with Crippen LogP contribution < -0.4 is 5.32 Å². The summed E-state index contributed by atoms with van der Waals surface area (Å²) >= 11 is 1.75. The number of anilines is 1. The first-order valence-electron chi connectivity index (χ1n) is 9.07. The second-order valence-electron chi connectivity index (χ2n) is 7.01. The molecule has 1 aromatic heterocycles. The lowest BCUT2D eigenvalue weighted by Crippen LogP contribution is -2.33. The topological polar surface area (TPSA) is 45.2 Å². The molecule has 1 saturated heterocycles. The van der Waals surface area contributed by atoms with Crippen molar-refractivity contribution >= 4 is 33.1 Å². The minimum atomic E-state index is 0.0463. The number of nitrogens with one attached hydrogen (secondary N) is 1. The van der Waals surface area contributed by atoms with Crippen LogP contribution in [-0.2, 0) is 4.79 Å². The number of aryl methyl sites for hydroxylation is 2. The molecule has 0 bridgehead atoms. The first-order valence-corrected chi connectivity index (χ1v) is 9.88. The van der Waals surface area contributed by atoms with Gasteiger partial charge in [-0.1, -0.05) is 29.8 Å². The number of rotatable bonds is 4. The van der Waals surface area contributed by atoms with E-state index in [4.69, 9.17) is 4.98 Å². The number of fused-ring (bicyclic) bond motifs is 1. The minimum Gasteiger partial charge on any atom is -0.325 e. The lowest BCUT2D eigenvalue weighted by Gasteiger charge is -2.22. The fourth-order valence-electron chi connectivity index (χ4n) is 3.66. The predicted molar refractivity (Wildman–Crippen MR) is 108 cm³/mol. The molecule has 1 fully saturated rings. The van der Waals surface area contributed by atoms with E-state index in [1.807, 2.05) is 31.2 Å². The highest BCUT2D eigenvalue weighted by Crippen LogP contribution is 2.36. The number of thiazole rings is 1. The lowest BCUT2D eigenvalue weighted by molar-refractivity contribution is -0.117. The number of carbonyl (C=O) groups excluding carboxylic acids is 1. The van der Waals surface area contributed by atoms with Gasteiger partial charge in [-0.05, 0) is 57.0 Å². The van der Waals surface area contributed by atoms with E-state index in [9.17, 15) is 4.79 Å². The Labute approximate surface area is 157 Å². The first kappa shape index (κ1) is 17.2. The SMILES string of the molecule is Cc1ccc(NC(=O)CN2CCCC2c2nc3ccccc3s2)c(C)c1. The van der Waals surface area contributed by atoms with E-state index in [1.54, 1.807) is 11.3 Å². The fourth-order valence-corrected chi connectivity index (χ4v) is 4.79. The molecule has 0 radical (unpaired) electrons. The number of para-hydroxylation sites is 1. The Balaban J connectivity index is 1.47. The average molecular weight is 366 g/mol. The van der Waals surface area contributed by atoms with Crippen molar-refractivity contribution in [3.63, 3.8) is 0 Å². The van der Waals surface area contributed by atoms with Crippen molar-refractivity contribution in [2.75, 3.05) is 18.4 Å². The van der Waals surface area contributed by atoms with Gasteiger partial charge in [0.05, 0.1) is 22.8 Å². The van der Waals surface area contributed by atoms with Crippen LogP contribution in [0, 0.1) is 13.8 Å². The third kappa shape index (κ3) is 3.50. The molecule has 0 aliphatic carbocycles. The Morgan fingerprint density at radius 2 is 2.12 bits per heavy atom. The zero-order valence-electron chi connectivity index (χ0n) is 15.2. The monoisotopic (exact) mass is 365 g/mol. The maximum atomic E-state index is 12.6. The lowest BCUT2D eigenvalue weighted by atomic mass is 10.1. The molecule has 1 amide bonds. The van der Waals surface area contributed by atoms with Gasteiger partial charge in [0.15, 0.2) is 0 Å². The van der Waals surface area contributed by atoms with Gasteiger partial charge in [0.25, 0.3) is 0 Å². The number of nitrogens with zero attached hydrogens (tertiary/aromatic N) is 2. The summed E-state index contributed by atoms with van der Waals surface area (Å²) in [6.07, 6.45) is 2.17. The summed E-state index contributed by atoms with van der Waals surface area (Å²) in [5, 5.41) is 4.19. The predicted octanol–water partition coefficient (Wildman–Crippen LogP) is 4.69. The van der Waals surface area contributed by atoms with E-state index in [2.05, 4.69) is 35.3 Å². The second-order valence-corrected chi connectivity index (χ2v) is 8.08. The smallest absolute Gasteiger partial charge is 0.238 e. The Morgan fingerprint density at radius 3 is 2.92 bits per heavy atom. The van der Waals surface area contributed by atoms with Crippen molar-refractivity contribution in [1.29, 1.82) is 0 Å². The molecule has 1 aliphatic rings. The fraction of sp³-hybridized carbons (Fsp3) is 0.333. The van der Waals surface area contributed by atoms with Crippen LogP contribution >= 0.6 is 11.3 Å². The first-order chi connectivity index (χ1) is 12.6. The zero-order chi connectivity index (χ0) is 18.1. The van der Waals surface area contributed by atoms with Crippen LogP contribution in [0.15, 0.2) is 42.5 Å². The van der Waals surface area contributed by atoms with Crippen LogP contribution in [0.2, 0.25) is 0 Å². The number of aromatic nitrogens is 1. The van der Waals surface area contributed by atoms with Crippen molar-refractivity contribution in [3.8, 4) is 0 Å². The number of carbonyl (C=O) groups is 1. The molecule has 5 heteroatoms. The summed E-state index contributed by atoms with van der Waals surface area (Å²) in [4.78, 5) is 19.7. The molecule has 4 nitrogen and oxygen atoms in total.